The number of benzene rings is 1. The number of diazo groups is 1. The number of hydrogen-bond donors (Lipinski definition) is 1. The summed E-state index contributed by atoms with van der Waals surface area (Å²) in [5.74, 6) is 0. The van der Waals surface area contributed by atoms with E-state index in [1.165, 1.54) is 21.2 Å². The first-order valence-corrected chi connectivity index (χ1v) is 5.24. The van der Waals surface area contributed by atoms with E-state index in [4.69, 9.17) is 10.8 Å². The Hall–Kier alpha value is -1.10. The van der Waals surface area contributed by atoms with Crippen LogP contribution < -0.4 is 5.39 Å². The molecular formula is C9H12BBrF4N2. The smallest absolute Gasteiger partial charge is 0.418 e. The molecule has 1 N–H and O–H groups in total. The lowest BCUT2D eigenvalue weighted by Gasteiger charge is -2.04. The Bertz CT molecular complexity index is 346. The molecule has 1 aromatic rings. The van der Waals surface area contributed by atoms with Gasteiger partial charge in [-0.3, -0.25) is 0 Å². The Morgan fingerprint density at radius 1 is 1.00 bits per heavy atom. The molecule has 0 radical (unpaired) electrons. The Labute approximate surface area is 106 Å². The summed E-state index contributed by atoms with van der Waals surface area (Å²) in [5.41, 5.74) is 4.00. The van der Waals surface area contributed by atoms with Gasteiger partial charge in [0, 0.05) is 4.47 Å². The molecule has 8 heteroatoms. The van der Waals surface area contributed by atoms with Crippen LogP contribution in [0.4, 0.5) is 17.3 Å². The first-order valence-electron chi connectivity index (χ1n) is 4.45. The molecule has 2 nitrogen and oxygen atoms in total. The lowest BCUT2D eigenvalue weighted by atomic mass is 10.1. The van der Waals surface area contributed by atoms with Crippen molar-refractivity contribution in [3.63, 3.8) is 0 Å². The van der Waals surface area contributed by atoms with Gasteiger partial charge in [-0.05, 0) is 37.5 Å². The largest absolute Gasteiger partial charge is 0.673 e. The van der Waals surface area contributed by atoms with Gasteiger partial charge in [0.05, 0.1) is 5.39 Å². The minimum atomic E-state index is -6.00. The SMILES string of the molecule is Cc1ccc(C)c(Br)c1C.F[B-](F)(F)F.N#[NH+]. The Morgan fingerprint density at radius 2 is 1.29 bits per heavy atom. The number of nitrogens with one attached hydrogen (secondary N) is 1. The molecule has 0 atom stereocenters. The van der Waals surface area contributed by atoms with Crippen LogP contribution >= 0.6 is 15.9 Å². The van der Waals surface area contributed by atoms with Crippen LogP contribution in [0.15, 0.2) is 16.6 Å². The van der Waals surface area contributed by atoms with E-state index in [1.807, 2.05) is 0 Å². The van der Waals surface area contributed by atoms with Crippen LogP contribution in [0.2, 0.25) is 0 Å². The maximum absolute atomic E-state index is 9.75. The molecule has 0 saturated heterocycles. The third-order valence-electron chi connectivity index (χ3n) is 1.85. The van der Waals surface area contributed by atoms with Gasteiger partial charge in [-0.15, -0.1) is 0 Å². The van der Waals surface area contributed by atoms with E-state index in [0.29, 0.717) is 0 Å². The summed E-state index contributed by atoms with van der Waals surface area (Å²) in [6.07, 6.45) is 0. The van der Waals surface area contributed by atoms with Gasteiger partial charge in [0.15, 0.2) is 0 Å². The highest BCUT2D eigenvalue weighted by molar-refractivity contribution is 9.10. The van der Waals surface area contributed by atoms with Crippen molar-refractivity contribution in [3.05, 3.63) is 33.3 Å². The number of nitrogens with zero attached hydrogens (tertiary/aromatic N) is 1. The monoisotopic (exact) mass is 314 g/mol. The average molecular weight is 315 g/mol. The van der Waals surface area contributed by atoms with Crippen molar-refractivity contribution in [2.45, 2.75) is 20.8 Å². The summed E-state index contributed by atoms with van der Waals surface area (Å²) in [4.78, 5) is 0. The lowest BCUT2D eigenvalue weighted by molar-refractivity contribution is -0.175. The molecule has 17 heavy (non-hydrogen) atoms. The number of rotatable bonds is 0. The normalized spacial score (nSPS) is 9.53. The molecule has 0 bridgehead atoms. The standard InChI is InChI=1S/C9H11Br.BF4.N2/c1-6-4-5-7(2)9(10)8(6)3;2-1(3,4)5;1-2/h4-5H,1-3H3;;/q;-1;/p+1. The average Bonchev–Trinajstić information content (AvgIpc) is 2.21. The van der Waals surface area contributed by atoms with E-state index in [0.717, 1.165) is 0 Å². The van der Waals surface area contributed by atoms with Gasteiger partial charge in [0.25, 0.3) is 0 Å². The van der Waals surface area contributed by atoms with Crippen molar-refractivity contribution in [3.8, 4) is 0 Å². The highest BCUT2D eigenvalue weighted by Crippen LogP contribution is 2.22. The quantitative estimate of drug-likeness (QED) is 0.447. The molecule has 0 aromatic heterocycles. The van der Waals surface area contributed by atoms with E-state index in [-0.39, 0.29) is 0 Å². The summed E-state index contributed by atoms with van der Waals surface area (Å²) in [6.45, 7) is 6.36. The summed E-state index contributed by atoms with van der Waals surface area (Å²) in [5, 5.41) is 11.0. The van der Waals surface area contributed by atoms with Crippen LogP contribution in [-0.2, 0) is 0 Å². The Kier molecular flexibility index (Phi) is 8.67. The van der Waals surface area contributed by atoms with Crippen LogP contribution in [0.25, 0.3) is 0 Å². The molecule has 0 saturated carbocycles. The van der Waals surface area contributed by atoms with Crippen LogP contribution in [-0.4, -0.2) is 7.25 Å². The molecule has 0 aliphatic carbocycles. The fourth-order valence-corrected chi connectivity index (χ4v) is 1.36. The molecule has 0 fully saturated rings. The minimum absolute atomic E-state index is 1.24. The predicted molar refractivity (Wildman–Crippen MR) is 61.2 cm³/mol. The maximum atomic E-state index is 9.75. The molecule has 0 aliphatic heterocycles. The van der Waals surface area contributed by atoms with Gasteiger partial charge in [0.1, 0.15) is 0 Å². The Morgan fingerprint density at radius 3 is 1.59 bits per heavy atom. The van der Waals surface area contributed by atoms with Crippen molar-refractivity contribution in [1.29, 1.82) is 5.39 Å². The van der Waals surface area contributed by atoms with Gasteiger partial charge in [-0.2, -0.15) is 0 Å². The molecule has 1 aromatic carbocycles. The number of aryl methyl sites for hydroxylation is 2. The molecule has 0 aliphatic rings. The van der Waals surface area contributed by atoms with Gasteiger partial charge in [0.2, 0.25) is 5.39 Å². The highest BCUT2D eigenvalue weighted by Gasteiger charge is 2.20. The zero-order valence-electron chi connectivity index (χ0n) is 9.57. The van der Waals surface area contributed by atoms with Crippen molar-refractivity contribution in [1.82, 2.24) is 0 Å². The Balaban J connectivity index is 0. The summed E-state index contributed by atoms with van der Waals surface area (Å²) in [6, 6.07) is 4.28. The lowest BCUT2D eigenvalue weighted by Crippen LogP contribution is -2.11. The van der Waals surface area contributed by atoms with Crippen LogP contribution in [0, 0.1) is 26.2 Å². The highest BCUT2D eigenvalue weighted by atomic mass is 79.9. The molecule has 0 amide bonds. The van der Waals surface area contributed by atoms with E-state index in [1.54, 1.807) is 0 Å². The first kappa shape index (κ1) is 18.3. The number of hydrogen-bond acceptors (Lipinski definition) is 1. The number of halogens is 5. The molecule has 96 valence electrons. The van der Waals surface area contributed by atoms with Gasteiger partial charge in [-0.25, -0.2) is 0 Å². The van der Waals surface area contributed by atoms with E-state index in [9.17, 15) is 17.3 Å². The third-order valence-corrected chi connectivity index (χ3v) is 3.07. The topological polar surface area (TPSA) is 47.6 Å². The van der Waals surface area contributed by atoms with Gasteiger partial charge in [-0.1, -0.05) is 28.1 Å². The van der Waals surface area contributed by atoms with Crippen molar-refractivity contribution in [2.24, 2.45) is 0 Å². The first-order chi connectivity index (χ1) is 7.63. The van der Waals surface area contributed by atoms with E-state index < -0.39 is 7.25 Å². The van der Waals surface area contributed by atoms with Gasteiger partial charge >= 0.3 is 7.25 Å². The zero-order chi connectivity index (χ0) is 14.2. The second kappa shape index (κ2) is 8.06. The molecule has 0 unspecified atom stereocenters. The summed E-state index contributed by atoms with van der Waals surface area (Å²) in [7, 11) is -6.00. The fraction of sp³-hybridized carbons (Fsp3) is 0.333. The fourth-order valence-electron chi connectivity index (χ4n) is 0.917. The van der Waals surface area contributed by atoms with Crippen LogP contribution in [0.1, 0.15) is 16.7 Å². The third kappa shape index (κ3) is 9.81. The van der Waals surface area contributed by atoms with Crippen LogP contribution in [0.3, 0.4) is 0 Å². The van der Waals surface area contributed by atoms with Crippen molar-refractivity contribution in [2.75, 3.05) is 0 Å². The summed E-state index contributed by atoms with van der Waals surface area (Å²) >= 11 is 3.53. The predicted octanol–water partition coefficient (Wildman–Crippen LogP) is 2.95. The second-order valence-electron chi connectivity index (χ2n) is 3.13. The molecule has 0 heterocycles. The molecule has 0 spiro atoms. The zero-order valence-corrected chi connectivity index (χ0v) is 11.2. The van der Waals surface area contributed by atoms with Crippen LogP contribution in [0.5, 0.6) is 0 Å². The van der Waals surface area contributed by atoms with E-state index in [2.05, 4.69) is 48.8 Å². The van der Waals surface area contributed by atoms with E-state index >= 15 is 0 Å². The summed E-state index contributed by atoms with van der Waals surface area (Å²) < 4.78 is 40.2. The minimum Gasteiger partial charge on any atom is -0.418 e. The van der Waals surface area contributed by atoms with Gasteiger partial charge < -0.3 is 17.3 Å². The van der Waals surface area contributed by atoms with Crippen molar-refractivity contribution < 1.29 is 22.7 Å². The maximum Gasteiger partial charge on any atom is 0.673 e. The molecular weight excluding hydrogens is 303 g/mol. The second-order valence-corrected chi connectivity index (χ2v) is 3.93. The van der Waals surface area contributed by atoms with Crippen molar-refractivity contribution >= 4 is 23.2 Å². The molecule has 1 rings (SSSR count).